The van der Waals surface area contributed by atoms with Crippen LogP contribution in [0.5, 0.6) is 0 Å². The fourth-order valence-corrected chi connectivity index (χ4v) is 2.10. The summed E-state index contributed by atoms with van der Waals surface area (Å²) in [4.78, 5) is 23.9. The summed E-state index contributed by atoms with van der Waals surface area (Å²) in [5, 5.41) is 2.67. The van der Waals surface area contributed by atoms with Gasteiger partial charge in [-0.2, -0.15) is 0 Å². The lowest BCUT2D eigenvalue weighted by molar-refractivity contribution is -0.145. The number of amides is 1. The smallest absolute Gasteiger partial charge is 0.328 e. The molecule has 2 atom stereocenters. The van der Waals surface area contributed by atoms with E-state index in [1.54, 1.807) is 0 Å². The molecule has 0 aromatic heterocycles. The Morgan fingerprint density at radius 1 is 1.23 bits per heavy atom. The zero-order valence-electron chi connectivity index (χ0n) is 13.0. The van der Waals surface area contributed by atoms with Gasteiger partial charge in [0.2, 0.25) is 5.91 Å². The topological polar surface area (TPSA) is 107 Å². The molecular weight excluding hydrogens is 282 g/mol. The third-order valence-electron chi connectivity index (χ3n) is 3.39. The van der Waals surface area contributed by atoms with Crippen LogP contribution in [-0.4, -0.2) is 37.6 Å². The van der Waals surface area contributed by atoms with E-state index in [0.29, 0.717) is 19.4 Å². The van der Waals surface area contributed by atoms with Gasteiger partial charge in [-0.3, -0.25) is 4.79 Å². The van der Waals surface area contributed by atoms with Crippen LogP contribution in [0.15, 0.2) is 30.3 Å². The number of methoxy groups -OCH3 is 1. The number of hydrogen-bond acceptors (Lipinski definition) is 5. The van der Waals surface area contributed by atoms with Gasteiger partial charge in [0.15, 0.2) is 0 Å². The van der Waals surface area contributed by atoms with Crippen LogP contribution in [0, 0.1) is 0 Å². The van der Waals surface area contributed by atoms with Gasteiger partial charge in [-0.1, -0.05) is 36.8 Å². The van der Waals surface area contributed by atoms with Gasteiger partial charge < -0.3 is 21.5 Å². The average Bonchev–Trinajstić information content (AvgIpc) is 2.54. The second-order valence-corrected chi connectivity index (χ2v) is 5.17. The maximum Gasteiger partial charge on any atom is 0.328 e. The maximum absolute atomic E-state index is 12.1. The van der Waals surface area contributed by atoms with Crippen LogP contribution in [0.4, 0.5) is 0 Å². The molecule has 0 spiro atoms. The Labute approximate surface area is 131 Å². The lowest BCUT2D eigenvalue weighted by Gasteiger charge is -2.19. The Morgan fingerprint density at radius 3 is 2.50 bits per heavy atom. The Bertz CT molecular complexity index is 465. The molecule has 122 valence electrons. The van der Waals surface area contributed by atoms with Crippen molar-refractivity contribution in [2.24, 2.45) is 11.5 Å². The van der Waals surface area contributed by atoms with Crippen molar-refractivity contribution in [3.05, 3.63) is 35.9 Å². The van der Waals surface area contributed by atoms with Crippen molar-refractivity contribution >= 4 is 11.9 Å². The number of benzene rings is 1. The summed E-state index contributed by atoms with van der Waals surface area (Å²) < 4.78 is 4.75. The van der Waals surface area contributed by atoms with Crippen LogP contribution in [-0.2, 0) is 20.7 Å². The molecule has 0 aliphatic rings. The molecule has 6 heteroatoms. The zero-order valence-corrected chi connectivity index (χ0v) is 13.0. The predicted molar refractivity (Wildman–Crippen MR) is 85.0 cm³/mol. The van der Waals surface area contributed by atoms with Crippen LogP contribution < -0.4 is 16.8 Å². The quantitative estimate of drug-likeness (QED) is 0.450. The van der Waals surface area contributed by atoms with Crippen LogP contribution >= 0.6 is 0 Å². The number of nitrogens with two attached hydrogens (primary N) is 2. The molecule has 1 aromatic carbocycles. The second kappa shape index (κ2) is 9.92. The molecule has 1 aromatic rings. The van der Waals surface area contributed by atoms with E-state index in [4.69, 9.17) is 16.2 Å². The Kier molecular flexibility index (Phi) is 8.17. The minimum absolute atomic E-state index is 0.344. The number of nitrogens with one attached hydrogen (secondary N) is 1. The molecule has 0 saturated heterocycles. The number of esters is 1. The number of ether oxygens (including phenoxy) is 1. The third kappa shape index (κ3) is 6.24. The van der Waals surface area contributed by atoms with E-state index in [2.05, 4.69) is 5.32 Å². The summed E-state index contributed by atoms with van der Waals surface area (Å²) in [6.45, 7) is 0.577. The van der Waals surface area contributed by atoms with Crippen molar-refractivity contribution in [2.75, 3.05) is 13.7 Å². The van der Waals surface area contributed by atoms with Crippen molar-refractivity contribution in [1.29, 1.82) is 0 Å². The Morgan fingerprint density at radius 2 is 1.91 bits per heavy atom. The Hall–Kier alpha value is -1.92. The molecule has 1 rings (SSSR count). The molecule has 0 aliphatic heterocycles. The van der Waals surface area contributed by atoms with Crippen molar-refractivity contribution in [3.8, 4) is 0 Å². The van der Waals surface area contributed by atoms with E-state index in [-0.39, 0.29) is 5.91 Å². The van der Waals surface area contributed by atoms with Crippen LogP contribution in [0.25, 0.3) is 0 Å². The van der Waals surface area contributed by atoms with Crippen molar-refractivity contribution < 1.29 is 14.3 Å². The number of carbonyl (C=O) groups excluding carboxylic acids is 2. The molecule has 0 saturated carbocycles. The summed E-state index contributed by atoms with van der Waals surface area (Å²) in [7, 11) is 1.30. The van der Waals surface area contributed by atoms with Gasteiger partial charge in [-0.05, 0) is 24.9 Å². The highest BCUT2D eigenvalue weighted by atomic mass is 16.5. The first-order chi connectivity index (χ1) is 10.6. The van der Waals surface area contributed by atoms with E-state index >= 15 is 0 Å². The third-order valence-corrected chi connectivity index (χ3v) is 3.39. The molecular formula is C16H25N3O3. The molecule has 22 heavy (non-hydrogen) atoms. The van der Waals surface area contributed by atoms with Gasteiger partial charge in [0.1, 0.15) is 6.04 Å². The molecule has 0 bridgehead atoms. The van der Waals surface area contributed by atoms with E-state index < -0.39 is 18.1 Å². The molecule has 0 aliphatic carbocycles. The van der Waals surface area contributed by atoms with E-state index in [1.807, 2.05) is 30.3 Å². The molecule has 0 radical (unpaired) electrons. The van der Waals surface area contributed by atoms with Gasteiger partial charge in [-0.15, -0.1) is 0 Å². The number of rotatable bonds is 9. The maximum atomic E-state index is 12.1. The zero-order chi connectivity index (χ0) is 16.4. The minimum atomic E-state index is -0.736. The largest absolute Gasteiger partial charge is 0.467 e. The lowest BCUT2D eigenvalue weighted by atomic mass is 10.0. The first-order valence-electron chi connectivity index (χ1n) is 7.46. The van der Waals surface area contributed by atoms with Gasteiger partial charge >= 0.3 is 5.97 Å². The van der Waals surface area contributed by atoms with Crippen LogP contribution in [0.3, 0.4) is 0 Å². The summed E-state index contributed by atoms with van der Waals surface area (Å²) in [6.07, 6.45) is 2.52. The van der Waals surface area contributed by atoms with Gasteiger partial charge in [0.25, 0.3) is 0 Å². The summed E-state index contributed by atoms with van der Waals surface area (Å²) >= 11 is 0. The summed E-state index contributed by atoms with van der Waals surface area (Å²) in [5.74, 6) is -0.824. The fraction of sp³-hybridized carbons (Fsp3) is 0.500. The number of hydrogen-bond donors (Lipinski definition) is 3. The highest BCUT2D eigenvalue weighted by Crippen LogP contribution is 2.06. The second-order valence-electron chi connectivity index (χ2n) is 5.17. The monoisotopic (exact) mass is 307 g/mol. The normalized spacial score (nSPS) is 13.2. The summed E-state index contributed by atoms with van der Waals surface area (Å²) in [5.41, 5.74) is 12.2. The molecule has 5 N–H and O–H groups in total. The van der Waals surface area contributed by atoms with Gasteiger partial charge in [0.05, 0.1) is 13.2 Å². The standard InChI is InChI=1S/C16H25N3O3/c1-22-16(21)14(11-12-7-3-2-4-8-12)19-15(20)13(18)9-5-6-10-17/h2-4,7-8,13-14H,5-6,9-11,17-18H2,1H3,(H,19,20)/t13-,14-/m0/s1. The summed E-state index contributed by atoms with van der Waals surface area (Å²) in [6, 6.07) is 8.05. The first-order valence-corrected chi connectivity index (χ1v) is 7.46. The first kappa shape index (κ1) is 18.1. The Balaban J connectivity index is 2.61. The molecule has 0 unspecified atom stereocenters. The highest BCUT2D eigenvalue weighted by Gasteiger charge is 2.24. The minimum Gasteiger partial charge on any atom is -0.467 e. The highest BCUT2D eigenvalue weighted by molar-refractivity contribution is 5.87. The average molecular weight is 307 g/mol. The van der Waals surface area contributed by atoms with Gasteiger partial charge in [-0.25, -0.2) is 4.79 Å². The lowest BCUT2D eigenvalue weighted by Crippen LogP contribution is -2.49. The van der Waals surface area contributed by atoms with Crippen molar-refractivity contribution in [1.82, 2.24) is 5.32 Å². The molecule has 1 amide bonds. The van der Waals surface area contributed by atoms with E-state index in [0.717, 1.165) is 18.4 Å². The van der Waals surface area contributed by atoms with E-state index in [9.17, 15) is 9.59 Å². The van der Waals surface area contributed by atoms with Crippen LogP contribution in [0.1, 0.15) is 24.8 Å². The molecule has 0 heterocycles. The number of unbranched alkanes of at least 4 members (excludes halogenated alkanes) is 1. The van der Waals surface area contributed by atoms with Crippen LogP contribution in [0.2, 0.25) is 0 Å². The predicted octanol–water partition coefficient (Wildman–Crippen LogP) is 0.343. The van der Waals surface area contributed by atoms with Gasteiger partial charge in [0, 0.05) is 6.42 Å². The van der Waals surface area contributed by atoms with Crippen molar-refractivity contribution in [3.63, 3.8) is 0 Å². The SMILES string of the molecule is COC(=O)[C@H](Cc1ccccc1)NC(=O)[C@@H](N)CCCCN. The number of carbonyl (C=O) groups is 2. The van der Waals surface area contributed by atoms with Crippen molar-refractivity contribution in [2.45, 2.75) is 37.8 Å². The van der Waals surface area contributed by atoms with E-state index in [1.165, 1.54) is 7.11 Å². The fourth-order valence-electron chi connectivity index (χ4n) is 2.10. The molecule has 6 nitrogen and oxygen atoms in total. The molecule has 0 fully saturated rings.